The second-order valence-corrected chi connectivity index (χ2v) is 15.8. The highest BCUT2D eigenvalue weighted by atomic mass is 35.5. The monoisotopic (exact) mass is 905 g/mol. The Morgan fingerprint density at radius 1 is 0.612 bits per heavy atom. The summed E-state index contributed by atoms with van der Waals surface area (Å²) in [7, 11) is 1.68. The van der Waals surface area contributed by atoms with Gasteiger partial charge in [0.05, 0.1) is 27.9 Å². The maximum atomic E-state index is 14.2. The summed E-state index contributed by atoms with van der Waals surface area (Å²) in [6.45, 7) is 3.76. The largest absolute Gasteiger partial charge is 0.382 e. The first-order valence-electron chi connectivity index (χ1n) is 20.7. The Kier molecular flexibility index (Phi) is 12.6. The summed E-state index contributed by atoms with van der Waals surface area (Å²) in [5, 5.41) is 28.2. The zero-order valence-electron chi connectivity index (χ0n) is 36.2. The molecule has 330 valence electrons. The van der Waals surface area contributed by atoms with Crippen LogP contribution in [0.3, 0.4) is 0 Å². The summed E-state index contributed by atoms with van der Waals surface area (Å²) in [4.78, 5) is 55.7. The molecular weight excluding hydrogens is 866 g/mol. The molecule has 0 spiro atoms. The Balaban J connectivity index is 0.000000186. The molecule has 0 saturated carbocycles. The van der Waals surface area contributed by atoms with E-state index in [0.717, 1.165) is 21.9 Å². The minimum atomic E-state index is -0.431. The van der Waals surface area contributed by atoms with Crippen molar-refractivity contribution >= 4 is 56.4 Å². The van der Waals surface area contributed by atoms with Crippen LogP contribution in [0.2, 0.25) is 5.02 Å². The number of hydrogen-bond acceptors (Lipinski definition) is 13. The maximum Gasteiger partial charge on any atom is 0.264 e. The third-order valence-electron chi connectivity index (χ3n) is 11.1. The topological polar surface area (TPSA) is 241 Å². The van der Waals surface area contributed by atoms with Crippen LogP contribution in [0.5, 0.6) is 0 Å². The third kappa shape index (κ3) is 8.76. The van der Waals surface area contributed by atoms with Crippen LogP contribution in [0.1, 0.15) is 48.4 Å². The van der Waals surface area contributed by atoms with Crippen molar-refractivity contribution in [2.75, 3.05) is 22.1 Å². The summed E-state index contributed by atoms with van der Waals surface area (Å²) in [6.07, 6.45) is 4.30. The fraction of sp³-hybridized carbons (Fsp3) is 0.100. The van der Waals surface area contributed by atoms with Gasteiger partial charge in [-0.25, -0.2) is 19.9 Å². The van der Waals surface area contributed by atoms with E-state index in [-0.39, 0.29) is 51.3 Å². The molecule has 5 aromatic heterocycles. The molecule has 16 nitrogen and oxygen atoms in total. The summed E-state index contributed by atoms with van der Waals surface area (Å²) >= 11 is 6.34. The number of nitrogens with zero attached hydrogens (tertiary/aromatic N) is 9. The highest BCUT2D eigenvalue weighted by Gasteiger charge is 2.22. The molecule has 4 aromatic carbocycles. The van der Waals surface area contributed by atoms with Gasteiger partial charge in [-0.3, -0.25) is 23.5 Å². The number of rotatable bonds is 9. The number of fused-ring (bicyclic) bond motifs is 2. The van der Waals surface area contributed by atoms with Crippen LogP contribution >= 0.6 is 11.6 Å². The van der Waals surface area contributed by atoms with Gasteiger partial charge < -0.3 is 26.7 Å². The first-order valence-corrected chi connectivity index (χ1v) is 21.1. The van der Waals surface area contributed by atoms with E-state index in [1.165, 1.54) is 23.3 Å². The average Bonchev–Trinajstić information content (AvgIpc) is 3.33. The molecule has 0 aliphatic heterocycles. The average molecular weight is 906 g/mol. The van der Waals surface area contributed by atoms with Crippen molar-refractivity contribution < 1.29 is 0 Å². The SMILES string of the molecule is C[C@H](Nc1ncnc(N)c1C#N)c1cc2cccc(-c3ccc(=O)n(C)c3)c2c(=O)n1-c1ccccc1.C[C@H](Nc1ncnc(N)c1C#N)c1cc2cccc(Cl)c2c(=O)n1-c1ccccc1. The van der Waals surface area contributed by atoms with Gasteiger partial charge in [0, 0.05) is 42.1 Å². The lowest BCUT2D eigenvalue weighted by Gasteiger charge is -2.22. The lowest BCUT2D eigenvalue weighted by Crippen LogP contribution is -2.26. The number of benzene rings is 4. The van der Waals surface area contributed by atoms with E-state index in [2.05, 4.69) is 30.6 Å². The quantitative estimate of drug-likeness (QED) is 0.108. The van der Waals surface area contributed by atoms with Crippen molar-refractivity contribution in [1.29, 1.82) is 10.5 Å². The Morgan fingerprint density at radius 2 is 1.09 bits per heavy atom. The number of aryl methyl sites for hydroxylation is 1. The molecule has 9 aromatic rings. The zero-order chi connectivity index (χ0) is 47.4. The Bertz CT molecular complexity index is 3620. The molecule has 0 fully saturated rings. The fourth-order valence-electron chi connectivity index (χ4n) is 7.84. The molecule has 5 heterocycles. The smallest absolute Gasteiger partial charge is 0.264 e. The van der Waals surface area contributed by atoms with Crippen molar-refractivity contribution in [1.82, 2.24) is 33.6 Å². The lowest BCUT2D eigenvalue weighted by molar-refractivity contribution is 0.772. The second-order valence-electron chi connectivity index (χ2n) is 15.4. The number of nitriles is 2. The number of para-hydroxylation sites is 2. The number of hydrogen-bond donors (Lipinski definition) is 4. The van der Waals surface area contributed by atoms with Gasteiger partial charge in [0.15, 0.2) is 0 Å². The van der Waals surface area contributed by atoms with Gasteiger partial charge in [-0.1, -0.05) is 78.3 Å². The second kappa shape index (κ2) is 18.9. The van der Waals surface area contributed by atoms with Crippen molar-refractivity contribution in [3.63, 3.8) is 0 Å². The van der Waals surface area contributed by atoms with E-state index in [4.69, 9.17) is 23.1 Å². The summed E-state index contributed by atoms with van der Waals surface area (Å²) in [5.41, 5.74) is 15.6. The number of halogens is 1. The van der Waals surface area contributed by atoms with Gasteiger partial charge in [0.25, 0.3) is 11.1 Å². The molecule has 6 N–H and O–H groups in total. The van der Waals surface area contributed by atoms with Gasteiger partial charge in [0.2, 0.25) is 5.56 Å². The lowest BCUT2D eigenvalue weighted by atomic mass is 9.98. The van der Waals surface area contributed by atoms with Crippen LogP contribution in [0.15, 0.2) is 155 Å². The van der Waals surface area contributed by atoms with Gasteiger partial charge in [0.1, 0.15) is 59.2 Å². The van der Waals surface area contributed by atoms with Gasteiger partial charge in [-0.15, -0.1) is 0 Å². The molecule has 0 unspecified atom stereocenters. The van der Waals surface area contributed by atoms with Crippen molar-refractivity contribution in [3.8, 4) is 34.6 Å². The molecule has 0 aliphatic carbocycles. The Labute approximate surface area is 387 Å². The predicted molar refractivity (Wildman–Crippen MR) is 261 cm³/mol. The summed E-state index contributed by atoms with van der Waals surface area (Å²) < 4.78 is 4.76. The number of anilines is 4. The molecule has 9 rings (SSSR count). The molecule has 0 saturated heterocycles. The van der Waals surface area contributed by atoms with Crippen LogP contribution in [0, 0.1) is 22.7 Å². The highest BCUT2D eigenvalue weighted by Crippen LogP contribution is 2.31. The van der Waals surface area contributed by atoms with E-state index in [9.17, 15) is 24.9 Å². The third-order valence-corrected chi connectivity index (χ3v) is 11.4. The van der Waals surface area contributed by atoms with Crippen molar-refractivity contribution in [2.24, 2.45) is 7.05 Å². The van der Waals surface area contributed by atoms with Gasteiger partial charge in [-0.2, -0.15) is 10.5 Å². The molecule has 17 heteroatoms. The van der Waals surface area contributed by atoms with Crippen molar-refractivity contribution in [3.05, 3.63) is 199 Å². The molecule has 0 bridgehead atoms. The highest BCUT2D eigenvalue weighted by molar-refractivity contribution is 6.35. The van der Waals surface area contributed by atoms with E-state index in [1.54, 1.807) is 40.6 Å². The number of nitrogens with one attached hydrogen (secondary N) is 2. The number of aromatic nitrogens is 7. The van der Waals surface area contributed by atoms with Gasteiger partial charge >= 0.3 is 0 Å². The summed E-state index contributed by atoms with van der Waals surface area (Å²) in [6, 6.07) is 40.0. The van der Waals surface area contributed by atoms with E-state index in [1.807, 2.05) is 123 Å². The Hall–Kier alpha value is -9.12. The van der Waals surface area contributed by atoms with Crippen LogP contribution in [-0.2, 0) is 7.05 Å². The molecule has 2 atom stereocenters. The fourth-order valence-corrected chi connectivity index (χ4v) is 8.10. The summed E-state index contributed by atoms with van der Waals surface area (Å²) in [5.74, 6) is 0.755. The van der Waals surface area contributed by atoms with Crippen LogP contribution in [0.25, 0.3) is 44.0 Å². The molecule has 0 amide bonds. The minimum Gasteiger partial charge on any atom is -0.382 e. The predicted octanol–water partition coefficient (Wildman–Crippen LogP) is 7.83. The van der Waals surface area contributed by atoms with E-state index < -0.39 is 6.04 Å². The maximum absolute atomic E-state index is 14.2. The first kappa shape index (κ1) is 44.5. The van der Waals surface area contributed by atoms with Crippen molar-refractivity contribution in [2.45, 2.75) is 25.9 Å². The molecular formula is C50H40ClN13O3. The minimum absolute atomic E-state index is 0.0769. The number of pyridine rings is 3. The van der Waals surface area contributed by atoms with Crippen LogP contribution in [-0.4, -0.2) is 33.6 Å². The van der Waals surface area contributed by atoms with Gasteiger partial charge in [-0.05, 0) is 84.3 Å². The molecule has 67 heavy (non-hydrogen) atoms. The van der Waals surface area contributed by atoms with E-state index in [0.29, 0.717) is 44.4 Å². The standard InChI is InChI=1S/C28H23N7O2.C22H17ClN6O/c1-17(33-27-22(14-29)26(30)31-16-32-27)23-13-18-7-6-10-21(19-11-12-24(36)34(2)15-19)25(18)28(37)35(23)20-8-4-3-5-9-20;1-13(28-21-16(11-24)20(25)26-12-27-21)18-10-14-6-5-9-17(23)19(14)22(30)29(18)15-7-3-2-4-8-15/h3-13,15-17H,1-2H3,(H3,30,31,32,33);2-10,12-13H,1H3,(H3,25,26,27,28)/t17-;13-/m00/s1. The van der Waals surface area contributed by atoms with Crippen LogP contribution in [0.4, 0.5) is 23.3 Å². The normalized spacial score (nSPS) is 11.7. The van der Waals surface area contributed by atoms with Crippen LogP contribution < -0.4 is 38.8 Å². The number of nitrogen functional groups attached to an aromatic ring is 2. The zero-order valence-corrected chi connectivity index (χ0v) is 37.0. The van der Waals surface area contributed by atoms with E-state index >= 15 is 0 Å². The first-order chi connectivity index (χ1) is 32.4. The number of nitrogens with two attached hydrogens (primary N) is 2. The molecule has 0 aliphatic rings. The Morgan fingerprint density at radius 3 is 1.58 bits per heavy atom. The molecule has 0 radical (unpaired) electrons.